The summed E-state index contributed by atoms with van der Waals surface area (Å²) in [4.78, 5) is 23.0. The molecule has 0 aromatic heterocycles. The number of hydrogen-bond donors (Lipinski definition) is 3. The second-order valence-corrected chi connectivity index (χ2v) is 4.92. The number of hydrogen-bond acceptors (Lipinski definition) is 2. The van der Waals surface area contributed by atoms with Gasteiger partial charge in [0.15, 0.2) is 0 Å². The summed E-state index contributed by atoms with van der Waals surface area (Å²) in [7, 11) is 0. The van der Waals surface area contributed by atoms with Gasteiger partial charge in [0.2, 0.25) is 5.91 Å². The third kappa shape index (κ3) is 4.44. The lowest BCUT2D eigenvalue weighted by Crippen LogP contribution is -2.38. The number of benzene rings is 1. The van der Waals surface area contributed by atoms with Crippen LogP contribution >= 0.6 is 11.6 Å². The summed E-state index contributed by atoms with van der Waals surface area (Å²) in [5.74, 6) is 0.0439. The largest absolute Gasteiger partial charge is 0.356 e. The van der Waals surface area contributed by atoms with Crippen LogP contribution in [0.5, 0.6) is 0 Å². The minimum absolute atomic E-state index is 0.0197. The fourth-order valence-corrected chi connectivity index (χ4v) is 2.08. The number of halogens is 1. The van der Waals surface area contributed by atoms with E-state index in [0.717, 1.165) is 6.42 Å². The average Bonchev–Trinajstić information content (AvgIpc) is 2.57. The van der Waals surface area contributed by atoms with E-state index in [1.807, 2.05) is 0 Å². The predicted octanol–water partition coefficient (Wildman–Crippen LogP) is 2.13. The van der Waals surface area contributed by atoms with Gasteiger partial charge in [-0.3, -0.25) is 4.79 Å². The molecule has 1 atom stereocenters. The summed E-state index contributed by atoms with van der Waals surface area (Å²) in [5, 5.41) is 9.00. The fraction of sp³-hybridized carbons (Fsp3) is 0.385. The highest BCUT2D eigenvalue weighted by molar-refractivity contribution is 6.30. The van der Waals surface area contributed by atoms with Crippen LogP contribution in [-0.2, 0) is 4.79 Å². The molecule has 1 aliphatic rings. The van der Waals surface area contributed by atoms with Crippen LogP contribution < -0.4 is 16.0 Å². The molecule has 3 N–H and O–H groups in total. The Balaban J connectivity index is 1.83. The van der Waals surface area contributed by atoms with E-state index in [1.54, 1.807) is 24.3 Å². The smallest absolute Gasteiger partial charge is 0.319 e. The number of urea groups is 1. The van der Waals surface area contributed by atoms with Crippen molar-refractivity contribution < 1.29 is 9.59 Å². The molecule has 0 radical (unpaired) electrons. The van der Waals surface area contributed by atoms with E-state index in [-0.39, 0.29) is 18.0 Å². The summed E-state index contributed by atoms with van der Waals surface area (Å²) in [6.07, 6.45) is 1.87. The van der Waals surface area contributed by atoms with Gasteiger partial charge in [-0.2, -0.15) is 0 Å². The lowest BCUT2D eigenvalue weighted by molar-refractivity contribution is -0.120. The highest BCUT2D eigenvalue weighted by Gasteiger charge is 2.17. The highest BCUT2D eigenvalue weighted by atomic mass is 35.5. The number of amides is 3. The summed E-state index contributed by atoms with van der Waals surface area (Å²) in [6.45, 7) is 0.602. The first-order chi connectivity index (χ1) is 9.13. The quantitative estimate of drug-likeness (QED) is 0.777. The Bertz CT molecular complexity index is 461. The van der Waals surface area contributed by atoms with Crippen LogP contribution in [0.2, 0.25) is 5.02 Å². The van der Waals surface area contributed by atoms with Crippen LogP contribution in [0.15, 0.2) is 24.3 Å². The Morgan fingerprint density at radius 1 is 1.26 bits per heavy atom. The average molecular weight is 282 g/mol. The first-order valence-electron chi connectivity index (χ1n) is 6.23. The van der Waals surface area contributed by atoms with E-state index in [0.29, 0.717) is 30.1 Å². The molecule has 1 aromatic carbocycles. The van der Waals surface area contributed by atoms with Crippen LogP contribution in [0.4, 0.5) is 10.5 Å². The van der Waals surface area contributed by atoms with Gasteiger partial charge in [0.25, 0.3) is 0 Å². The van der Waals surface area contributed by atoms with E-state index in [4.69, 9.17) is 11.6 Å². The first kappa shape index (κ1) is 13.7. The zero-order chi connectivity index (χ0) is 13.7. The van der Waals surface area contributed by atoms with E-state index in [9.17, 15) is 9.59 Å². The van der Waals surface area contributed by atoms with Crippen LogP contribution in [0.25, 0.3) is 0 Å². The molecule has 1 aliphatic heterocycles. The molecule has 6 heteroatoms. The van der Waals surface area contributed by atoms with Crippen LogP contribution in [0, 0.1) is 0 Å². The lowest BCUT2D eigenvalue weighted by atomic mass is 10.1. The standard InChI is InChI=1S/C13H16ClN3O2/c14-9-1-3-10(4-2-9)16-13(19)17-11-5-6-12(18)15-8-7-11/h1-4,11H,5-8H2,(H,15,18)(H2,16,17,19). The van der Waals surface area contributed by atoms with Crippen LogP contribution in [0.3, 0.4) is 0 Å². The van der Waals surface area contributed by atoms with Crippen molar-refractivity contribution in [2.45, 2.75) is 25.3 Å². The molecule has 102 valence electrons. The minimum atomic E-state index is -0.262. The molecule has 1 aromatic rings. The monoisotopic (exact) mass is 281 g/mol. The van der Waals surface area contributed by atoms with Crippen molar-refractivity contribution in [3.8, 4) is 0 Å². The Morgan fingerprint density at radius 2 is 2.00 bits per heavy atom. The van der Waals surface area contributed by atoms with Crippen molar-refractivity contribution in [2.75, 3.05) is 11.9 Å². The molecule has 3 amide bonds. The predicted molar refractivity (Wildman–Crippen MR) is 74.3 cm³/mol. The SMILES string of the molecule is O=C1CCC(NC(=O)Nc2ccc(Cl)cc2)CCN1. The van der Waals surface area contributed by atoms with Gasteiger partial charge in [0.05, 0.1) is 0 Å². The summed E-state index contributed by atoms with van der Waals surface area (Å²) in [5.41, 5.74) is 0.685. The molecule has 0 saturated carbocycles. The molecule has 2 rings (SSSR count). The maximum atomic E-state index is 11.8. The molecule has 5 nitrogen and oxygen atoms in total. The van der Waals surface area contributed by atoms with E-state index in [2.05, 4.69) is 16.0 Å². The Hall–Kier alpha value is -1.75. The lowest BCUT2D eigenvalue weighted by Gasteiger charge is -2.16. The van der Waals surface area contributed by atoms with E-state index < -0.39 is 0 Å². The zero-order valence-corrected chi connectivity index (χ0v) is 11.2. The molecule has 19 heavy (non-hydrogen) atoms. The van der Waals surface area contributed by atoms with Crippen molar-refractivity contribution in [2.24, 2.45) is 0 Å². The third-order valence-corrected chi connectivity index (χ3v) is 3.22. The van der Waals surface area contributed by atoms with Crippen LogP contribution in [-0.4, -0.2) is 24.5 Å². The van der Waals surface area contributed by atoms with Gasteiger partial charge in [0.1, 0.15) is 0 Å². The normalized spacial score (nSPS) is 19.2. The van der Waals surface area contributed by atoms with Crippen molar-refractivity contribution in [1.29, 1.82) is 0 Å². The van der Waals surface area contributed by atoms with Crippen molar-refractivity contribution >= 4 is 29.2 Å². The van der Waals surface area contributed by atoms with Crippen molar-refractivity contribution in [1.82, 2.24) is 10.6 Å². The zero-order valence-electron chi connectivity index (χ0n) is 10.4. The molecular weight excluding hydrogens is 266 g/mol. The molecule has 1 heterocycles. The number of rotatable bonds is 2. The summed E-state index contributed by atoms with van der Waals surface area (Å²) in [6, 6.07) is 6.66. The number of nitrogens with one attached hydrogen (secondary N) is 3. The minimum Gasteiger partial charge on any atom is -0.356 e. The third-order valence-electron chi connectivity index (χ3n) is 2.97. The first-order valence-corrected chi connectivity index (χ1v) is 6.61. The van der Waals surface area contributed by atoms with Gasteiger partial charge in [0, 0.05) is 29.7 Å². The van der Waals surface area contributed by atoms with Gasteiger partial charge >= 0.3 is 6.03 Å². The molecule has 0 aliphatic carbocycles. The molecule has 1 saturated heterocycles. The molecule has 1 unspecified atom stereocenters. The number of carbonyl (C=O) groups is 2. The van der Waals surface area contributed by atoms with Gasteiger partial charge in [-0.15, -0.1) is 0 Å². The Labute approximate surface area is 116 Å². The molecule has 0 spiro atoms. The molecule has 0 bridgehead atoms. The Morgan fingerprint density at radius 3 is 2.74 bits per heavy atom. The van der Waals surface area contributed by atoms with Crippen molar-refractivity contribution in [3.05, 3.63) is 29.3 Å². The number of anilines is 1. The van der Waals surface area contributed by atoms with Gasteiger partial charge in [-0.1, -0.05) is 11.6 Å². The molecular formula is C13H16ClN3O2. The Kier molecular flexibility index (Phi) is 4.63. The van der Waals surface area contributed by atoms with E-state index in [1.165, 1.54) is 0 Å². The molecule has 1 fully saturated rings. The maximum absolute atomic E-state index is 11.8. The van der Waals surface area contributed by atoms with Crippen molar-refractivity contribution in [3.63, 3.8) is 0 Å². The maximum Gasteiger partial charge on any atom is 0.319 e. The van der Waals surface area contributed by atoms with Crippen LogP contribution in [0.1, 0.15) is 19.3 Å². The highest BCUT2D eigenvalue weighted by Crippen LogP contribution is 2.13. The summed E-state index contributed by atoms with van der Waals surface area (Å²) < 4.78 is 0. The topological polar surface area (TPSA) is 70.2 Å². The summed E-state index contributed by atoms with van der Waals surface area (Å²) >= 11 is 5.77. The second kappa shape index (κ2) is 6.43. The second-order valence-electron chi connectivity index (χ2n) is 4.48. The van der Waals surface area contributed by atoms with E-state index >= 15 is 0 Å². The van der Waals surface area contributed by atoms with Gasteiger partial charge in [-0.05, 0) is 37.1 Å². The number of carbonyl (C=O) groups excluding carboxylic acids is 2. The fourth-order valence-electron chi connectivity index (χ4n) is 1.95. The van der Waals surface area contributed by atoms with Gasteiger partial charge < -0.3 is 16.0 Å². The van der Waals surface area contributed by atoms with Gasteiger partial charge in [-0.25, -0.2) is 4.79 Å².